The second-order valence-corrected chi connectivity index (χ2v) is 7.61. The molecule has 0 aliphatic heterocycles. The molecule has 1 N–H and O–H groups in total. The number of hydrogen-bond donors (Lipinski definition) is 1. The first kappa shape index (κ1) is 22.1. The van der Waals surface area contributed by atoms with Crippen molar-refractivity contribution in [1.82, 2.24) is 19.6 Å². The molecule has 3 rings (SSSR count). The number of urea groups is 1. The normalized spacial score (nSPS) is 10.6. The van der Waals surface area contributed by atoms with E-state index in [9.17, 15) is 9.59 Å². The molecule has 0 spiro atoms. The SMILES string of the molecule is CCN(CC(=O)Nc1c(-c2ccccc2)c(C)nn1-c1ccccc1C)C(=O)N(C)C. The Kier molecular flexibility index (Phi) is 6.74. The highest BCUT2D eigenvalue weighted by atomic mass is 16.2. The summed E-state index contributed by atoms with van der Waals surface area (Å²) in [5.41, 5.74) is 4.56. The van der Waals surface area contributed by atoms with Crippen LogP contribution in [0.5, 0.6) is 0 Å². The van der Waals surface area contributed by atoms with E-state index < -0.39 is 0 Å². The van der Waals surface area contributed by atoms with Crippen molar-refractivity contribution in [3.8, 4) is 16.8 Å². The fourth-order valence-electron chi connectivity index (χ4n) is 3.51. The standard InChI is InChI=1S/C24H29N5O2/c1-6-28(24(31)27(4)5)16-21(30)25-23-22(19-13-8-7-9-14-19)18(3)26-29(23)20-15-11-10-12-17(20)2/h7-15H,6,16H2,1-5H3,(H,25,30). The van der Waals surface area contributed by atoms with Gasteiger partial charge < -0.3 is 15.1 Å². The lowest BCUT2D eigenvalue weighted by molar-refractivity contribution is -0.116. The van der Waals surface area contributed by atoms with Gasteiger partial charge in [-0.3, -0.25) is 4.79 Å². The van der Waals surface area contributed by atoms with Crippen LogP contribution in [0.3, 0.4) is 0 Å². The second-order valence-electron chi connectivity index (χ2n) is 7.61. The van der Waals surface area contributed by atoms with Crippen molar-refractivity contribution in [3.63, 3.8) is 0 Å². The maximum absolute atomic E-state index is 13.0. The van der Waals surface area contributed by atoms with E-state index in [1.54, 1.807) is 18.8 Å². The molecule has 1 aromatic heterocycles. The molecule has 0 fully saturated rings. The first-order chi connectivity index (χ1) is 14.8. The Morgan fingerprint density at radius 2 is 1.65 bits per heavy atom. The van der Waals surface area contributed by atoms with Crippen LogP contribution in [-0.2, 0) is 4.79 Å². The molecule has 0 saturated carbocycles. The lowest BCUT2D eigenvalue weighted by atomic mass is 10.1. The number of carbonyl (C=O) groups is 2. The Hall–Kier alpha value is -3.61. The van der Waals surface area contributed by atoms with E-state index >= 15 is 0 Å². The number of aryl methyl sites for hydroxylation is 2. The summed E-state index contributed by atoms with van der Waals surface area (Å²) < 4.78 is 1.77. The lowest BCUT2D eigenvalue weighted by Gasteiger charge is -2.24. The summed E-state index contributed by atoms with van der Waals surface area (Å²) >= 11 is 0. The molecule has 1 heterocycles. The molecular weight excluding hydrogens is 390 g/mol. The Morgan fingerprint density at radius 1 is 1.00 bits per heavy atom. The van der Waals surface area contributed by atoms with Gasteiger partial charge in [0, 0.05) is 26.2 Å². The Balaban J connectivity index is 2.04. The number of rotatable bonds is 6. The average Bonchev–Trinajstić information content (AvgIpc) is 3.07. The van der Waals surface area contributed by atoms with Crippen molar-refractivity contribution in [1.29, 1.82) is 0 Å². The number of nitrogens with one attached hydrogen (secondary N) is 1. The fourth-order valence-corrected chi connectivity index (χ4v) is 3.51. The summed E-state index contributed by atoms with van der Waals surface area (Å²) in [5, 5.41) is 7.78. The highest BCUT2D eigenvalue weighted by molar-refractivity contribution is 5.97. The number of carbonyl (C=O) groups excluding carboxylic acids is 2. The Bertz CT molecular complexity index is 1070. The van der Waals surface area contributed by atoms with Crippen molar-refractivity contribution in [2.45, 2.75) is 20.8 Å². The first-order valence-electron chi connectivity index (χ1n) is 10.3. The summed E-state index contributed by atoms with van der Waals surface area (Å²) in [6, 6.07) is 17.6. The minimum absolute atomic E-state index is 0.0419. The molecule has 0 radical (unpaired) electrons. The van der Waals surface area contributed by atoms with E-state index in [0.717, 1.165) is 28.1 Å². The number of para-hydroxylation sites is 1. The molecule has 3 aromatic rings. The van der Waals surface area contributed by atoms with E-state index in [1.165, 1.54) is 9.80 Å². The smallest absolute Gasteiger partial charge is 0.319 e. The molecule has 3 amide bonds. The van der Waals surface area contributed by atoms with Crippen LogP contribution >= 0.6 is 0 Å². The molecule has 0 aliphatic carbocycles. The topological polar surface area (TPSA) is 70.5 Å². The zero-order valence-electron chi connectivity index (χ0n) is 18.7. The van der Waals surface area contributed by atoms with Crippen LogP contribution in [0.4, 0.5) is 10.6 Å². The van der Waals surface area contributed by atoms with Gasteiger partial charge in [0.25, 0.3) is 0 Å². The van der Waals surface area contributed by atoms with Crippen LogP contribution in [0.1, 0.15) is 18.2 Å². The maximum Gasteiger partial charge on any atom is 0.319 e. The average molecular weight is 420 g/mol. The third kappa shape index (κ3) is 4.77. The monoisotopic (exact) mass is 419 g/mol. The molecule has 0 bridgehead atoms. The van der Waals surface area contributed by atoms with Crippen LogP contribution in [0.2, 0.25) is 0 Å². The van der Waals surface area contributed by atoms with E-state index in [4.69, 9.17) is 5.10 Å². The minimum atomic E-state index is -0.274. The van der Waals surface area contributed by atoms with Crippen molar-refractivity contribution >= 4 is 17.8 Å². The number of anilines is 1. The summed E-state index contributed by atoms with van der Waals surface area (Å²) in [6.07, 6.45) is 0. The van der Waals surface area contributed by atoms with Crippen LogP contribution < -0.4 is 5.32 Å². The zero-order valence-corrected chi connectivity index (χ0v) is 18.7. The molecule has 2 aromatic carbocycles. The highest BCUT2D eigenvalue weighted by Crippen LogP contribution is 2.34. The van der Waals surface area contributed by atoms with Gasteiger partial charge >= 0.3 is 6.03 Å². The van der Waals surface area contributed by atoms with Crippen molar-refractivity contribution in [3.05, 3.63) is 65.9 Å². The predicted molar refractivity (Wildman–Crippen MR) is 123 cm³/mol. The Morgan fingerprint density at radius 3 is 2.26 bits per heavy atom. The van der Waals surface area contributed by atoms with E-state index in [2.05, 4.69) is 5.32 Å². The quantitative estimate of drug-likeness (QED) is 0.654. The van der Waals surface area contributed by atoms with Gasteiger partial charge in [-0.2, -0.15) is 5.10 Å². The zero-order chi connectivity index (χ0) is 22.5. The van der Waals surface area contributed by atoms with Crippen LogP contribution in [-0.4, -0.2) is 58.7 Å². The number of benzene rings is 2. The van der Waals surface area contributed by atoms with Gasteiger partial charge in [-0.25, -0.2) is 9.48 Å². The predicted octanol–water partition coefficient (Wildman–Crippen LogP) is 4.10. The number of aromatic nitrogens is 2. The van der Waals surface area contributed by atoms with E-state index in [-0.39, 0.29) is 18.5 Å². The largest absolute Gasteiger partial charge is 0.331 e. The molecule has 31 heavy (non-hydrogen) atoms. The summed E-state index contributed by atoms with van der Waals surface area (Å²) in [5.74, 6) is 0.320. The third-order valence-corrected chi connectivity index (χ3v) is 5.09. The van der Waals surface area contributed by atoms with Crippen LogP contribution in [0.25, 0.3) is 16.8 Å². The van der Waals surface area contributed by atoms with Crippen molar-refractivity contribution < 1.29 is 9.59 Å². The highest BCUT2D eigenvalue weighted by Gasteiger charge is 2.23. The second kappa shape index (κ2) is 9.47. The van der Waals surface area contributed by atoms with Gasteiger partial charge in [0.05, 0.1) is 11.4 Å². The Labute approximate surface area is 183 Å². The van der Waals surface area contributed by atoms with Gasteiger partial charge in [0.1, 0.15) is 12.4 Å². The molecule has 162 valence electrons. The number of nitrogens with zero attached hydrogens (tertiary/aromatic N) is 4. The van der Waals surface area contributed by atoms with Gasteiger partial charge in [-0.15, -0.1) is 0 Å². The van der Waals surface area contributed by atoms with Crippen molar-refractivity contribution in [2.75, 3.05) is 32.5 Å². The molecule has 0 saturated heterocycles. The minimum Gasteiger partial charge on any atom is -0.331 e. The summed E-state index contributed by atoms with van der Waals surface area (Å²) in [6.45, 7) is 6.19. The van der Waals surface area contributed by atoms with Gasteiger partial charge in [0.2, 0.25) is 5.91 Å². The van der Waals surface area contributed by atoms with Crippen LogP contribution in [0, 0.1) is 13.8 Å². The van der Waals surface area contributed by atoms with Crippen molar-refractivity contribution in [2.24, 2.45) is 0 Å². The number of likely N-dealkylation sites (N-methyl/N-ethyl adjacent to an activating group) is 1. The molecule has 0 atom stereocenters. The van der Waals surface area contributed by atoms with E-state index in [0.29, 0.717) is 12.4 Å². The fraction of sp³-hybridized carbons (Fsp3) is 0.292. The molecule has 0 aliphatic rings. The number of hydrogen-bond acceptors (Lipinski definition) is 3. The third-order valence-electron chi connectivity index (χ3n) is 5.09. The number of amides is 3. The van der Waals surface area contributed by atoms with E-state index in [1.807, 2.05) is 75.4 Å². The van der Waals surface area contributed by atoms with Gasteiger partial charge in [-0.1, -0.05) is 48.5 Å². The summed E-state index contributed by atoms with van der Waals surface area (Å²) in [4.78, 5) is 28.3. The molecule has 0 unspecified atom stereocenters. The molecule has 7 nitrogen and oxygen atoms in total. The summed E-state index contributed by atoms with van der Waals surface area (Å²) in [7, 11) is 3.35. The van der Waals surface area contributed by atoms with Gasteiger partial charge in [0.15, 0.2) is 0 Å². The molecule has 7 heteroatoms. The van der Waals surface area contributed by atoms with Crippen LogP contribution in [0.15, 0.2) is 54.6 Å². The van der Waals surface area contributed by atoms with Gasteiger partial charge in [-0.05, 0) is 38.0 Å². The first-order valence-corrected chi connectivity index (χ1v) is 10.3. The maximum atomic E-state index is 13.0. The lowest BCUT2D eigenvalue weighted by Crippen LogP contribution is -2.43. The molecular formula is C24H29N5O2.